The predicted molar refractivity (Wildman–Crippen MR) is 73.7 cm³/mol. The van der Waals surface area contributed by atoms with Crippen LogP contribution in [0.5, 0.6) is 17.2 Å². The molecule has 2 atom stereocenters. The van der Waals surface area contributed by atoms with E-state index in [1.54, 1.807) is 21.3 Å². The molecule has 1 saturated heterocycles. The minimum Gasteiger partial charge on any atom is -0.493 e. The van der Waals surface area contributed by atoms with Crippen LogP contribution in [0, 0.1) is 0 Å². The Bertz CT molecular complexity index is 410. The van der Waals surface area contributed by atoms with Gasteiger partial charge in [0.25, 0.3) is 0 Å². The van der Waals surface area contributed by atoms with E-state index in [1.165, 1.54) is 0 Å². The van der Waals surface area contributed by atoms with Crippen LogP contribution in [0.2, 0.25) is 0 Å². The zero-order valence-electron chi connectivity index (χ0n) is 11.4. The van der Waals surface area contributed by atoms with Crippen molar-refractivity contribution in [3.8, 4) is 17.2 Å². The molecule has 1 fully saturated rings. The highest BCUT2D eigenvalue weighted by Gasteiger charge is 2.25. The molecule has 0 aromatic heterocycles. The number of alkyl halides is 1. The van der Waals surface area contributed by atoms with Crippen molar-refractivity contribution >= 4 is 11.6 Å². The minimum absolute atomic E-state index is 0.0232. The lowest BCUT2D eigenvalue weighted by Gasteiger charge is -2.27. The fourth-order valence-electron chi connectivity index (χ4n) is 2.28. The molecule has 5 heteroatoms. The fourth-order valence-corrected chi connectivity index (χ4v) is 2.53. The molecule has 1 aromatic rings. The number of rotatable bonds is 4. The Kier molecular flexibility index (Phi) is 4.77. The number of hydrogen-bond acceptors (Lipinski definition) is 4. The highest BCUT2D eigenvalue weighted by Crippen LogP contribution is 2.42. The van der Waals surface area contributed by atoms with Crippen molar-refractivity contribution in [3.05, 3.63) is 17.7 Å². The summed E-state index contributed by atoms with van der Waals surface area (Å²) in [5, 5.41) is 0.151. The van der Waals surface area contributed by atoms with E-state index in [-0.39, 0.29) is 11.5 Å². The van der Waals surface area contributed by atoms with Crippen molar-refractivity contribution in [1.82, 2.24) is 0 Å². The average Bonchev–Trinajstić information content (AvgIpc) is 2.45. The largest absolute Gasteiger partial charge is 0.493 e. The van der Waals surface area contributed by atoms with Gasteiger partial charge in [-0.1, -0.05) is 0 Å². The Morgan fingerprint density at radius 2 is 1.74 bits per heavy atom. The molecule has 0 bridgehead atoms. The third kappa shape index (κ3) is 3.07. The topological polar surface area (TPSA) is 36.9 Å². The van der Waals surface area contributed by atoms with E-state index in [0.717, 1.165) is 18.4 Å². The van der Waals surface area contributed by atoms with Crippen LogP contribution in [-0.4, -0.2) is 33.3 Å². The molecule has 0 aliphatic carbocycles. The number of ether oxygens (including phenoxy) is 4. The highest BCUT2D eigenvalue weighted by atomic mass is 35.5. The Labute approximate surface area is 118 Å². The predicted octanol–water partition coefficient (Wildman–Crippen LogP) is 3.17. The Morgan fingerprint density at radius 1 is 1.11 bits per heavy atom. The van der Waals surface area contributed by atoms with Gasteiger partial charge in [-0.3, -0.25) is 0 Å². The van der Waals surface area contributed by atoms with Gasteiger partial charge in [-0.05, 0) is 30.5 Å². The summed E-state index contributed by atoms with van der Waals surface area (Å²) in [5.41, 5.74) is 1.000. The van der Waals surface area contributed by atoms with E-state index in [2.05, 4.69) is 0 Å². The van der Waals surface area contributed by atoms with Gasteiger partial charge in [0.15, 0.2) is 11.5 Å². The monoisotopic (exact) mass is 286 g/mol. The number of hydrogen-bond donors (Lipinski definition) is 0. The van der Waals surface area contributed by atoms with Crippen molar-refractivity contribution in [2.24, 2.45) is 0 Å². The smallest absolute Gasteiger partial charge is 0.203 e. The van der Waals surface area contributed by atoms with Crippen LogP contribution in [0.15, 0.2) is 12.1 Å². The summed E-state index contributed by atoms with van der Waals surface area (Å²) >= 11 is 6.20. The highest BCUT2D eigenvalue weighted by molar-refractivity contribution is 6.20. The second-order valence-electron chi connectivity index (χ2n) is 4.44. The summed E-state index contributed by atoms with van der Waals surface area (Å²) in [4.78, 5) is 0. The number of halogens is 1. The summed E-state index contributed by atoms with van der Waals surface area (Å²) in [6.07, 6.45) is 1.66. The minimum atomic E-state index is -0.0232. The second kappa shape index (κ2) is 6.35. The maximum Gasteiger partial charge on any atom is 0.203 e. The normalized spacial score (nSPS) is 22.9. The van der Waals surface area contributed by atoms with Crippen LogP contribution in [0.25, 0.3) is 0 Å². The van der Waals surface area contributed by atoms with Gasteiger partial charge in [-0.2, -0.15) is 0 Å². The molecule has 19 heavy (non-hydrogen) atoms. The van der Waals surface area contributed by atoms with Gasteiger partial charge >= 0.3 is 0 Å². The van der Waals surface area contributed by atoms with E-state index >= 15 is 0 Å². The summed E-state index contributed by atoms with van der Waals surface area (Å²) in [6, 6.07) is 3.84. The van der Waals surface area contributed by atoms with Crippen LogP contribution in [0.1, 0.15) is 24.5 Å². The quantitative estimate of drug-likeness (QED) is 0.797. The number of methoxy groups -OCH3 is 3. The fraction of sp³-hybridized carbons (Fsp3) is 0.571. The van der Waals surface area contributed by atoms with Crippen LogP contribution in [0.4, 0.5) is 0 Å². The summed E-state index contributed by atoms with van der Waals surface area (Å²) in [5.74, 6) is 1.86. The third-order valence-corrected chi connectivity index (χ3v) is 3.68. The Hall–Kier alpha value is -1.13. The van der Waals surface area contributed by atoms with Crippen LogP contribution >= 0.6 is 11.6 Å². The van der Waals surface area contributed by atoms with Crippen LogP contribution in [0.3, 0.4) is 0 Å². The molecule has 1 heterocycles. The molecule has 4 nitrogen and oxygen atoms in total. The van der Waals surface area contributed by atoms with E-state index in [0.29, 0.717) is 23.9 Å². The van der Waals surface area contributed by atoms with E-state index in [1.807, 2.05) is 12.1 Å². The summed E-state index contributed by atoms with van der Waals surface area (Å²) in [6.45, 7) is 0.676. The molecular formula is C14H19ClO4. The van der Waals surface area contributed by atoms with Gasteiger partial charge in [0.1, 0.15) is 0 Å². The van der Waals surface area contributed by atoms with Gasteiger partial charge in [0.05, 0.1) is 27.4 Å². The first kappa shape index (κ1) is 14.3. The van der Waals surface area contributed by atoms with Crippen molar-refractivity contribution < 1.29 is 18.9 Å². The molecule has 0 spiro atoms. The molecular weight excluding hydrogens is 268 g/mol. The first-order chi connectivity index (χ1) is 9.19. The lowest BCUT2D eigenvalue weighted by Crippen LogP contribution is -2.20. The maximum absolute atomic E-state index is 6.20. The first-order valence-corrected chi connectivity index (χ1v) is 6.68. The molecule has 1 aliphatic heterocycles. The maximum atomic E-state index is 6.20. The van der Waals surface area contributed by atoms with Crippen molar-refractivity contribution in [2.75, 3.05) is 27.9 Å². The molecule has 1 aliphatic rings. The molecule has 2 unspecified atom stereocenters. The van der Waals surface area contributed by atoms with Gasteiger partial charge in [-0.15, -0.1) is 11.6 Å². The lowest BCUT2D eigenvalue weighted by atomic mass is 10.00. The van der Waals surface area contributed by atoms with Crippen molar-refractivity contribution in [2.45, 2.75) is 24.3 Å². The molecule has 1 aromatic carbocycles. The van der Waals surface area contributed by atoms with Gasteiger partial charge in [0, 0.05) is 12.0 Å². The van der Waals surface area contributed by atoms with Gasteiger partial charge in [-0.25, -0.2) is 0 Å². The zero-order chi connectivity index (χ0) is 13.8. The van der Waals surface area contributed by atoms with E-state index in [4.69, 9.17) is 30.5 Å². The third-order valence-electron chi connectivity index (χ3n) is 3.28. The molecule has 0 amide bonds. The SMILES string of the molecule is COc1cc(C2CC(Cl)CCO2)cc(OC)c1OC. The van der Waals surface area contributed by atoms with Gasteiger partial charge in [0.2, 0.25) is 5.75 Å². The second-order valence-corrected chi connectivity index (χ2v) is 5.06. The lowest BCUT2D eigenvalue weighted by molar-refractivity contribution is 0.0166. The molecule has 2 rings (SSSR count). The van der Waals surface area contributed by atoms with Crippen LogP contribution in [-0.2, 0) is 4.74 Å². The molecule has 0 saturated carbocycles. The van der Waals surface area contributed by atoms with Crippen LogP contribution < -0.4 is 14.2 Å². The summed E-state index contributed by atoms with van der Waals surface area (Å²) < 4.78 is 21.8. The summed E-state index contributed by atoms with van der Waals surface area (Å²) in [7, 11) is 4.80. The van der Waals surface area contributed by atoms with Crippen molar-refractivity contribution in [1.29, 1.82) is 0 Å². The van der Waals surface area contributed by atoms with Crippen molar-refractivity contribution in [3.63, 3.8) is 0 Å². The first-order valence-electron chi connectivity index (χ1n) is 6.25. The molecule has 0 radical (unpaired) electrons. The van der Waals surface area contributed by atoms with E-state index < -0.39 is 0 Å². The van der Waals surface area contributed by atoms with E-state index in [9.17, 15) is 0 Å². The number of benzene rings is 1. The Balaban J connectivity index is 2.35. The standard InChI is InChI=1S/C14H19ClO4/c1-16-12-6-9(7-13(17-2)14(12)18-3)11-8-10(15)4-5-19-11/h6-7,10-11H,4-5,8H2,1-3H3. The average molecular weight is 287 g/mol. The van der Waals surface area contributed by atoms with Gasteiger partial charge < -0.3 is 18.9 Å². The zero-order valence-corrected chi connectivity index (χ0v) is 12.2. The Morgan fingerprint density at radius 3 is 2.21 bits per heavy atom. The molecule has 106 valence electrons. The molecule has 0 N–H and O–H groups in total.